The molecule has 0 spiro atoms. The standard InChI is InChI=1S/C16H27N3/c1-4-7-18-8-10-19(11-9-18)16-6-5-14(2)12-15(16)13-17-3/h5-6,12,17H,4,7-11,13H2,1-3H3. The fraction of sp³-hybridized carbons (Fsp3) is 0.625. The van der Waals surface area contributed by atoms with E-state index in [1.807, 2.05) is 7.05 Å². The quantitative estimate of drug-likeness (QED) is 0.877. The Morgan fingerprint density at radius 3 is 2.53 bits per heavy atom. The maximum atomic E-state index is 3.28. The second-order valence-electron chi connectivity index (χ2n) is 5.49. The minimum absolute atomic E-state index is 0.951. The molecule has 1 aliphatic rings. The lowest BCUT2D eigenvalue weighted by Gasteiger charge is -2.37. The maximum absolute atomic E-state index is 3.28. The number of hydrogen-bond acceptors (Lipinski definition) is 3. The molecule has 0 saturated carbocycles. The molecule has 0 bridgehead atoms. The molecule has 0 unspecified atom stereocenters. The van der Waals surface area contributed by atoms with E-state index in [1.54, 1.807) is 0 Å². The summed E-state index contributed by atoms with van der Waals surface area (Å²) in [5.41, 5.74) is 4.18. The first-order valence-corrected chi connectivity index (χ1v) is 7.46. The zero-order chi connectivity index (χ0) is 13.7. The van der Waals surface area contributed by atoms with Gasteiger partial charge in [-0.3, -0.25) is 4.90 Å². The van der Waals surface area contributed by atoms with Gasteiger partial charge in [0.2, 0.25) is 0 Å². The molecular formula is C16H27N3. The molecule has 0 aliphatic carbocycles. The van der Waals surface area contributed by atoms with E-state index in [4.69, 9.17) is 0 Å². The van der Waals surface area contributed by atoms with Crippen molar-refractivity contribution in [2.75, 3.05) is 44.7 Å². The Labute approximate surface area is 117 Å². The molecule has 1 saturated heterocycles. The number of aryl methyl sites for hydroxylation is 1. The van der Waals surface area contributed by atoms with E-state index in [2.05, 4.69) is 47.2 Å². The topological polar surface area (TPSA) is 18.5 Å². The van der Waals surface area contributed by atoms with Gasteiger partial charge >= 0.3 is 0 Å². The van der Waals surface area contributed by atoms with Crippen LogP contribution in [-0.2, 0) is 6.54 Å². The second kappa shape index (κ2) is 6.92. The van der Waals surface area contributed by atoms with E-state index in [9.17, 15) is 0 Å². The van der Waals surface area contributed by atoms with Gasteiger partial charge in [0.05, 0.1) is 0 Å². The van der Waals surface area contributed by atoms with Crippen LogP contribution in [-0.4, -0.2) is 44.7 Å². The first kappa shape index (κ1) is 14.4. The van der Waals surface area contributed by atoms with E-state index in [0.29, 0.717) is 0 Å². The molecule has 2 rings (SSSR count). The van der Waals surface area contributed by atoms with Gasteiger partial charge in [0.1, 0.15) is 0 Å². The minimum Gasteiger partial charge on any atom is -0.369 e. The molecular weight excluding hydrogens is 234 g/mol. The second-order valence-corrected chi connectivity index (χ2v) is 5.49. The molecule has 1 N–H and O–H groups in total. The van der Waals surface area contributed by atoms with Crippen molar-refractivity contribution < 1.29 is 0 Å². The van der Waals surface area contributed by atoms with Crippen LogP contribution < -0.4 is 10.2 Å². The van der Waals surface area contributed by atoms with Gasteiger partial charge in [0.15, 0.2) is 0 Å². The van der Waals surface area contributed by atoms with Crippen LogP contribution in [0.4, 0.5) is 5.69 Å². The van der Waals surface area contributed by atoms with Crippen LogP contribution in [0, 0.1) is 6.92 Å². The van der Waals surface area contributed by atoms with Gasteiger partial charge in [-0.1, -0.05) is 24.6 Å². The summed E-state index contributed by atoms with van der Waals surface area (Å²) in [6, 6.07) is 6.83. The lowest BCUT2D eigenvalue weighted by atomic mass is 10.1. The molecule has 1 aromatic carbocycles. The Balaban J connectivity index is 2.06. The summed E-state index contributed by atoms with van der Waals surface area (Å²) in [6.07, 6.45) is 1.26. The van der Waals surface area contributed by atoms with Crippen molar-refractivity contribution in [3.63, 3.8) is 0 Å². The third-order valence-electron chi connectivity index (χ3n) is 3.86. The zero-order valence-corrected chi connectivity index (χ0v) is 12.6. The molecule has 1 aromatic rings. The highest BCUT2D eigenvalue weighted by molar-refractivity contribution is 5.55. The highest BCUT2D eigenvalue weighted by atomic mass is 15.3. The van der Waals surface area contributed by atoms with Gasteiger partial charge in [-0.15, -0.1) is 0 Å². The molecule has 19 heavy (non-hydrogen) atoms. The van der Waals surface area contributed by atoms with E-state index < -0.39 is 0 Å². The monoisotopic (exact) mass is 261 g/mol. The fourth-order valence-electron chi connectivity index (χ4n) is 2.88. The number of hydrogen-bond donors (Lipinski definition) is 1. The van der Waals surface area contributed by atoms with Crippen molar-refractivity contribution in [3.8, 4) is 0 Å². The van der Waals surface area contributed by atoms with Gasteiger partial charge in [0.25, 0.3) is 0 Å². The van der Waals surface area contributed by atoms with Crippen molar-refractivity contribution in [1.29, 1.82) is 0 Å². The average Bonchev–Trinajstić information content (AvgIpc) is 2.41. The normalized spacial score (nSPS) is 16.9. The number of nitrogens with one attached hydrogen (secondary N) is 1. The van der Waals surface area contributed by atoms with Crippen LogP contribution in [0.5, 0.6) is 0 Å². The maximum Gasteiger partial charge on any atom is 0.0412 e. The van der Waals surface area contributed by atoms with Crippen LogP contribution in [0.1, 0.15) is 24.5 Å². The molecule has 0 aromatic heterocycles. The summed E-state index contributed by atoms with van der Waals surface area (Å²) in [4.78, 5) is 5.11. The molecule has 0 atom stereocenters. The molecule has 0 amide bonds. The summed E-state index contributed by atoms with van der Waals surface area (Å²) in [5, 5.41) is 3.28. The van der Waals surface area contributed by atoms with E-state index in [-0.39, 0.29) is 0 Å². The van der Waals surface area contributed by atoms with Crippen molar-refractivity contribution in [2.45, 2.75) is 26.8 Å². The first-order valence-electron chi connectivity index (χ1n) is 7.46. The number of rotatable bonds is 5. The largest absolute Gasteiger partial charge is 0.369 e. The summed E-state index contributed by atoms with van der Waals surface area (Å²) in [6.45, 7) is 11.3. The molecule has 106 valence electrons. The molecule has 1 fully saturated rings. The van der Waals surface area contributed by atoms with E-state index in [1.165, 1.54) is 42.9 Å². The van der Waals surface area contributed by atoms with Crippen molar-refractivity contribution in [2.24, 2.45) is 0 Å². The minimum atomic E-state index is 0.951. The third-order valence-corrected chi connectivity index (χ3v) is 3.86. The van der Waals surface area contributed by atoms with E-state index >= 15 is 0 Å². The molecule has 1 aliphatic heterocycles. The predicted octanol–water partition coefficient (Wildman–Crippen LogP) is 2.25. The van der Waals surface area contributed by atoms with Gasteiger partial charge < -0.3 is 10.2 Å². The van der Waals surface area contributed by atoms with Crippen molar-refractivity contribution in [1.82, 2.24) is 10.2 Å². The first-order chi connectivity index (χ1) is 9.24. The highest BCUT2D eigenvalue weighted by Gasteiger charge is 2.18. The summed E-state index contributed by atoms with van der Waals surface area (Å²) in [5.74, 6) is 0. The van der Waals surface area contributed by atoms with Crippen molar-refractivity contribution >= 4 is 5.69 Å². The molecule has 3 nitrogen and oxygen atoms in total. The molecule has 3 heteroatoms. The van der Waals surface area contributed by atoms with E-state index in [0.717, 1.165) is 19.6 Å². The smallest absolute Gasteiger partial charge is 0.0412 e. The van der Waals surface area contributed by atoms with Crippen molar-refractivity contribution in [3.05, 3.63) is 29.3 Å². The van der Waals surface area contributed by atoms with Crippen LogP contribution in [0.3, 0.4) is 0 Å². The zero-order valence-electron chi connectivity index (χ0n) is 12.6. The number of anilines is 1. The van der Waals surface area contributed by atoms with Crippen LogP contribution in [0.25, 0.3) is 0 Å². The summed E-state index contributed by atoms with van der Waals surface area (Å²) in [7, 11) is 2.02. The Hall–Kier alpha value is -1.06. The molecule has 0 radical (unpaired) electrons. The van der Waals surface area contributed by atoms with Gasteiger partial charge in [-0.05, 0) is 38.6 Å². The average molecular weight is 261 g/mol. The SMILES string of the molecule is CCCN1CCN(c2ccc(C)cc2CNC)CC1. The Morgan fingerprint density at radius 1 is 1.16 bits per heavy atom. The number of benzene rings is 1. The van der Waals surface area contributed by atoms with Gasteiger partial charge in [-0.2, -0.15) is 0 Å². The van der Waals surface area contributed by atoms with Gasteiger partial charge in [0, 0.05) is 38.4 Å². The summed E-state index contributed by atoms with van der Waals surface area (Å²) < 4.78 is 0. The lowest BCUT2D eigenvalue weighted by Crippen LogP contribution is -2.46. The number of piperazine rings is 1. The predicted molar refractivity (Wildman–Crippen MR) is 82.9 cm³/mol. The Morgan fingerprint density at radius 2 is 1.89 bits per heavy atom. The van der Waals surface area contributed by atoms with Crippen LogP contribution >= 0.6 is 0 Å². The molecule has 1 heterocycles. The van der Waals surface area contributed by atoms with Crippen LogP contribution in [0.2, 0.25) is 0 Å². The highest BCUT2D eigenvalue weighted by Crippen LogP contribution is 2.23. The lowest BCUT2D eigenvalue weighted by molar-refractivity contribution is 0.258. The summed E-state index contributed by atoms with van der Waals surface area (Å²) >= 11 is 0. The third kappa shape index (κ3) is 3.71. The van der Waals surface area contributed by atoms with Crippen LogP contribution in [0.15, 0.2) is 18.2 Å². The fourth-order valence-corrected chi connectivity index (χ4v) is 2.88. The van der Waals surface area contributed by atoms with Gasteiger partial charge in [-0.25, -0.2) is 0 Å². The number of nitrogens with zero attached hydrogens (tertiary/aromatic N) is 2. The Bertz CT molecular complexity index is 395. The Kier molecular flexibility index (Phi) is 5.23.